The van der Waals surface area contributed by atoms with Gasteiger partial charge in [-0.3, -0.25) is 0 Å². The Balaban J connectivity index is 1.90. The van der Waals surface area contributed by atoms with Gasteiger partial charge in [0.05, 0.1) is 13.2 Å². The highest BCUT2D eigenvalue weighted by molar-refractivity contribution is 7.89. The molecular formula is C13H21N3O3S. The van der Waals surface area contributed by atoms with E-state index >= 15 is 0 Å². The summed E-state index contributed by atoms with van der Waals surface area (Å²) in [6.07, 6.45) is 4.08. The lowest BCUT2D eigenvalue weighted by atomic mass is 10.4. The van der Waals surface area contributed by atoms with Gasteiger partial charge in [-0.1, -0.05) is 0 Å². The quantitative estimate of drug-likeness (QED) is 0.863. The largest absolute Gasteiger partial charge is 0.379 e. The lowest BCUT2D eigenvalue weighted by Gasteiger charge is -2.25. The first-order valence-electron chi connectivity index (χ1n) is 7.06. The number of nitrogens with zero attached hydrogens (tertiary/aromatic N) is 2. The van der Waals surface area contributed by atoms with Crippen molar-refractivity contribution in [3.8, 4) is 0 Å². The van der Waals surface area contributed by atoms with Crippen LogP contribution < -0.4 is 5.32 Å². The summed E-state index contributed by atoms with van der Waals surface area (Å²) in [4.78, 5) is 0.413. The molecule has 6 nitrogen and oxygen atoms in total. The molecule has 2 fully saturated rings. The van der Waals surface area contributed by atoms with Crippen molar-refractivity contribution < 1.29 is 13.2 Å². The molecule has 0 unspecified atom stereocenters. The van der Waals surface area contributed by atoms with Crippen molar-refractivity contribution in [3.05, 3.63) is 18.0 Å². The van der Waals surface area contributed by atoms with Gasteiger partial charge in [0.25, 0.3) is 0 Å². The molecule has 1 aromatic rings. The number of nitrogens with one attached hydrogen (secondary N) is 1. The Morgan fingerprint density at radius 3 is 2.65 bits per heavy atom. The van der Waals surface area contributed by atoms with Crippen LogP contribution in [0, 0.1) is 0 Å². The second kappa shape index (κ2) is 5.48. The van der Waals surface area contributed by atoms with E-state index < -0.39 is 10.0 Å². The minimum absolute atomic E-state index is 0.413. The number of sulfonamides is 1. The minimum atomic E-state index is -3.38. The molecule has 0 atom stereocenters. The second-order valence-electron chi connectivity index (χ2n) is 5.35. The average Bonchev–Trinajstić information content (AvgIpc) is 3.21. The normalized spacial score (nSPS) is 21.2. The zero-order valence-electron chi connectivity index (χ0n) is 11.7. The maximum absolute atomic E-state index is 12.6. The molecule has 0 radical (unpaired) electrons. The van der Waals surface area contributed by atoms with Crippen LogP contribution in [0.5, 0.6) is 0 Å². The Morgan fingerprint density at radius 1 is 1.35 bits per heavy atom. The summed E-state index contributed by atoms with van der Waals surface area (Å²) in [6, 6.07) is 2.28. The molecule has 3 rings (SSSR count). The molecule has 1 saturated heterocycles. The Labute approximate surface area is 119 Å². The summed E-state index contributed by atoms with van der Waals surface area (Å²) in [6.45, 7) is 2.53. The first-order chi connectivity index (χ1) is 9.63. The molecule has 1 saturated carbocycles. The molecule has 2 aliphatic rings. The molecule has 112 valence electrons. The summed E-state index contributed by atoms with van der Waals surface area (Å²) in [5.74, 6) is 0. The van der Waals surface area contributed by atoms with Crippen LogP contribution in [-0.4, -0.2) is 50.6 Å². The third kappa shape index (κ3) is 2.63. The van der Waals surface area contributed by atoms with E-state index in [-0.39, 0.29) is 0 Å². The van der Waals surface area contributed by atoms with Crippen molar-refractivity contribution in [2.75, 3.05) is 33.4 Å². The topological polar surface area (TPSA) is 63.6 Å². The van der Waals surface area contributed by atoms with E-state index in [1.807, 2.05) is 7.05 Å². The molecular weight excluding hydrogens is 278 g/mol. The SMILES string of the molecule is CNCc1cc(S(=O)(=O)N2CCOCC2)cn1C1CC1. The lowest BCUT2D eigenvalue weighted by Crippen LogP contribution is -2.40. The number of hydrogen-bond acceptors (Lipinski definition) is 4. The van der Waals surface area contributed by atoms with Crippen molar-refractivity contribution in [3.63, 3.8) is 0 Å². The Hall–Kier alpha value is -0.890. The van der Waals surface area contributed by atoms with Gasteiger partial charge >= 0.3 is 0 Å². The van der Waals surface area contributed by atoms with Crippen LogP contribution in [0.25, 0.3) is 0 Å². The van der Waals surface area contributed by atoms with Gasteiger partial charge in [0.2, 0.25) is 10.0 Å². The number of ether oxygens (including phenoxy) is 1. The van der Waals surface area contributed by atoms with Crippen LogP contribution in [0.4, 0.5) is 0 Å². The van der Waals surface area contributed by atoms with Crippen LogP contribution in [0.3, 0.4) is 0 Å². The zero-order valence-corrected chi connectivity index (χ0v) is 12.5. The monoisotopic (exact) mass is 299 g/mol. The van der Waals surface area contributed by atoms with E-state index in [1.165, 1.54) is 4.31 Å². The second-order valence-corrected chi connectivity index (χ2v) is 7.29. The van der Waals surface area contributed by atoms with E-state index in [9.17, 15) is 8.42 Å². The molecule has 2 heterocycles. The molecule has 0 aromatic carbocycles. The first-order valence-corrected chi connectivity index (χ1v) is 8.50. The molecule has 0 amide bonds. The van der Waals surface area contributed by atoms with Crippen molar-refractivity contribution in [1.82, 2.24) is 14.2 Å². The summed E-state index contributed by atoms with van der Waals surface area (Å²) in [7, 11) is -1.51. The molecule has 7 heteroatoms. The van der Waals surface area contributed by atoms with Gasteiger partial charge in [-0.05, 0) is 26.0 Å². The highest BCUT2D eigenvalue weighted by Gasteiger charge is 2.31. The highest BCUT2D eigenvalue weighted by atomic mass is 32.2. The maximum atomic E-state index is 12.6. The van der Waals surface area contributed by atoms with Crippen LogP contribution in [0.15, 0.2) is 17.2 Å². The maximum Gasteiger partial charge on any atom is 0.244 e. The van der Waals surface area contributed by atoms with E-state index in [0.29, 0.717) is 43.8 Å². The van der Waals surface area contributed by atoms with E-state index in [2.05, 4.69) is 9.88 Å². The van der Waals surface area contributed by atoms with E-state index in [4.69, 9.17) is 4.74 Å². The number of aromatic nitrogens is 1. The lowest BCUT2D eigenvalue weighted by molar-refractivity contribution is 0.0730. The number of morpholine rings is 1. The third-order valence-corrected chi connectivity index (χ3v) is 5.68. The van der Waals surface area contributed by atoms with E-state index in [0.717, 1.165) is 18.5 Å². The molecule has 0 bridgehead atoms. The van der Waals surface area contributed by atoms with Crippen LogP contribution >= 0.6 is 0 Å². The Bertz CT molecular complexity index is 572. The number of hydrogen-bond donors (Lipinski definition) is 1. The average molecular weight is 299 g/mol. The Kier molecular flexibility index (Phi) is 3.85. The first kappa shape index (κ1) is 14.1. The van der Waals surface area contributed by atoms with E-state index in [1.54, 1.807) is 12.3 Å². The summed E-state index contributed by atoms with van der Waals surface area (Å²) in [5.41, 5.74) is 1.04. The third-order valence-electron chi connectivity index (χ3n) is 3.81. The van der Waals surface area contributed by atoms with Crippen molar-refractivity contribution >= 4 is 10.0 Å². The standard InChI is InChI=1S/C13H21N3O3S/c1-14-9-12-8-13(10-16(12)11-2-3-11)20(17,18)15-4-6-19-7-5-15/h8,10-11,14H,2-7,9H2,1H3. The van der Waals surface area contributed by atoms with Gasteiger partial charge in [-0.2, -0.15) is 4.31 Å². The molecule has 1 aliphatic heterocycles. The summed E-state index contributed by atoms with van der Waals surface area (Å²) < 4.78 is 34.1. The van der Waals surface area contributed by atoms with Crippen LogP contribution in [-0.2, 0) is 21.3 Å². The van der Waals surface area contributed by atoms with Crippen molar-refractivity contribution in [2.24, 2.45) is 0 Å². The van der Waals surface area contributed by atoms with Crippen molar-refractivity contribution in [2.45, 2.75) is 30.3 Å². The predicted molar refractivity (Wildman–Crippen MR) is 75.0 cm³/mol. The molecule has 1 aliphatic carbocycles. The van der Waals surface area contributed by atoms with Gasteiger partial charge < -0.3 is 14.6 Å². The fourth-order valence-electron chi connectivity index (χ4n) is 2.59. The van der Waals surface area contributed by atoms with Gasteiger partial charge in [-0.15, -0.1) is 0 Å². The zero-order chi connectivity index (χ0) is 14.2. The molecule has 0 spiro atoms. The van der Waals surface area contributed by atoms with Gasteiger partial charge in [-0.25, -0.2) is 8.42 Å². The van der Waals surface area contributed by atoms with Gasteiger partial charge in [0.1, 0.15) is 4.90 Å². The fourth-order valence-corrected chi connectivity index (χ4v) is 4.05. The smallest absolute Gasteiger partial charge is 0.244 e. The summed E-state index contributed by atoms with van der Waals surface area (Å²) >= 11 is 0. The van der Waals surface area contributed by atoms with Gasteiger partial charge in [0.15, 0.2) is 0 Å². The van der Waals surface area contributed by atoms with Gasteiger partial charge in [0, 0.05) is 37.6 Å². The molecule has 1 N–H and O–H groups in total. The molecule has 20 heavy (non-hydrogen) atoms. The van der Waals surface area contributed by atoms with Crippen molar-refractivity contribution in [1.29, 1.82) is 0 Å². The number of rotatable bonds is 5. The molecule has 1 aromatic heterocycles. The van der Waals surface area contributed by atoms with Crippen LogP contribution in [0.2, 0.25) is 0 Å². The Morgan fingerprint density at radius 2 is 2.05 bits per heavy atom. The minimum Gasteiger partial charge on any atom is -0.379 e. The van der Waals surface area contributed by atoms with Crippen LogP contribution in [0.1, 0.15) is 24.6 Å². The fraction of sp³-hybridized carbons (Fsp3) is 0.692. The summed E-state index contributed by atoms with van der Waals surface area (Å²) in [5, 5.41) is 3.10. The predicted octanol–water partition coefficient (Wildman–Crippen LogP) is 0.563. The highest BCUT2D eigenvalue weighted by Crippen LogP contribution is 2.37.